The van der Waals surface area contributed by atoms with Crippen LogP contribution in [0.1, 0.15) is 40.5 Å². The fourth-order valence-electron chi connectivity index (χ4n) is 1.61. The van der Waals surface area contributed by atoms with Crippen LogP contribution in [-0.2, 0) is 0 Å². The van der Waals surface area contributed by atoms with Crippen molar-refractivity contribution in [1.29, 1.82) is 0 Å². The van der Waals surface area contributed by atoms with Gasteiger partial charge in [0.2, 0.25) is 0 Å². The van der Waals surface area contributed by atoms with Gasteiger partial charge in [-0.1, -0.05) is 6.92 Å². The molecule has 13 heavy (non-hydrogen) atoms. The molecule has 0 radical (unpaired) electrons. The van der Waals surface area contributed by atoms with Crippen LogP contribution in [0.5, 0.6) is 0 Å². The molecule has 0 bridgehead atoms. The normalized spacial score (nSPS) is 22.6. The van der Waals surface area contributed by atoms with Gasteiger partial charge in [-0.3, -0.25) is 5.21 Å². The van der Waals surface area contributed by atoms with Crippen molar-refractivity contribution in [2.24, 2.45) is 5.92 Å². The summed E-state index contributed by atoms with van der Waals surface area (Å²) in [5.74, 6) is 0.810. The van der Waals surface area contributed by atoms with Gasteiger partial charge in [-0.15, -0.1) is 5.17 Å². The molecule has 1 fully saturated rings. The summed E-state index contributed by atoms with van der Waals surface area (Å²) in [6, 6.07) is 0. The van der Waals surface area contributed by atoms with E-state index in [1.165, 1.54) is 18.0 Å². The van der Waals surface area contributed by atoms with Crippen LogP contribution in [-0.4, -0.2) is 34.0 Å². The first kappa shape index (κ1) is 11.0. The molecule has 0 saturated carbocycles. The molecular formula is C10H22N2O. The second-order valence-electron chi connectivity index (χ2n) is 5.10. The molecule has 1 saturated heterocycles. The number of piperidine rings is 1. The topological polar surface area (TPSA) is 26.7 Å². The highest BCUT2D eigenvalue weighted by molar-refractivity contribution is 4.72. The average molecular weight is 186 g/mol. The predicted molar refractivity (Wildman–Crippen MR) is 53.3 cm³/mol. The van der Waals surface area contributed by atoms with Crippen LogP contribution in [0.3, 0.4) is 0 Å². The van der Waals surface area contributed by atoms with Crippen LogP contribution >= 0.6 is 0 Å². The third kappa shape index (κ3) is 2.93. The molecule has 0 aromatic carbocycles. The lowest BCUT2D eigenvalue weighted by Gasteiger charge is -2.41. The van der Waals surface area contributed by atoms with E-state index in [1.54, 1.807) is 0 Å². The van der Waals surface area contributed by atoms with Crippen molar-refractivity contribution >= 4 is 0 Å². The fourth-order valence-corrected chi connectivity index (χ4v) is 1.61. The molecule has 1 aliphatic rings. The lowest BCUT2D eigenvalue weighted by atomic mass is 10.00. The van der Waals surface area contributed by atoms with E-state index in [4.69, 9.17) is 0 Å². The Kier molecular flexibility index (Phi) is 3.33. The molecule has 0 atom stereocenters. The summed E-state index contributed by atoms with van der Waals surface area (Å²) in [5, 5.41) is 13.3. The third-order valence-electron chi connectivity index (χ3n) is 2.63. The number of rotatable bonds is 1. The summed E-state index contributed by atoms with van der Waals surface area (Å²) in [7, 11) is 0. The SMILES string of the molecule is CC1CCN(N(O)C(C)(C)C)CC1. The average Bonchev–Trinajstić information content (AvgIpc) is 2.03. The van der Waals surface area contributed by atoms with E-state index < -0.39 is 0 Å². The largest absolute Gasteiger partial charge is 0.298 e. The van der Waals surface area contributed by atoms with Gasteiger partial charge in [0.25, 0.3) is 0 Å². The van der Waals surface area contributed by atoms with E-state index in [0.717, 1.165) is 19.0 Å². The minimum Gasteiger partial charge on any atom is -0.298 e. The van der Waals surface area contributed by atoms with Crippen molar-refractivity contribution in [2.75, 3.05) is 13.1 Å². The molecule has 0 aromatic heterocycles. The number of nitrogens with zero attached hydrogens (tertiary/aromatic N) is 2. The molecule has 78 valence electrons. The zero-order valence-electron chi connectivity index (χ0n) is 9.25. The molecule has 0 unspecified atom stereocenters. The molecule has 1 aliphatic heterocycles. The van der Waals surface area contributed by atoms with Gasteiger partial charge in [0.15, 0.2) is 0 Å². The molecule has 1 rings (SSSR count). The van der Waals surface area contributed by atoms with Crippen molar-refractivity contribution in [3.05, 3.63) is 0 Å². The number of hydrogen-bond donors (Lipinski definition) is 1. The first-order chi connectivity index (χ1) is 5.91. The fraction of sp³-hybridized carbons (Fsp3) is 1.00. The first-order valence-electron chi connectivity index (χ1n) is 5.15. The van der Waals surface area contributed by atoms with Crippen LogP contribution in [0.2, 0.25) is 0 Å². The van der Waals surface area contributed by atoms with Crippen LogP contribution in [0, 0.1) is 5.92 Å². The minimum atomic E-state index is -0.180. The summed E-state index contributed by atoms with van der Waals surface area (Å²) in [6.45, 7) is 10.3. The van der Waals surface area contributed by atoms with E-state index >= 15 is 0 Å². The molecule has 3 nitrogen and oxygen atoms in total. The maximum atomic E-state index is 9.86. The summed E-state index contributed by atoms with van der Waals surface area (Å²) >= 11 is 0. The zero-order chi connectivity index (χ0) is 10.1. The van der Waals surface area contributed by atoms with Gasteiger partial charge in [-0.25, -0.2) is 5.01 Å². The van der Waals surface area contributed by atoms with E-state index in [-0.39, 0.29) is 5.54 Å². The van der Waals surface area contributed by atoms with Gasteiger partial charge in [-0.2, -0.15) is 0 Å². The monoisotopic (exact) mass is 186 g/mol. The summed E-state index contributed by atoms with van der Waals surface area (Å²) in [5.41, 5.74) is -0.180. The molecule has 0 spiro atoms. The van der Waals surface area contributed by atoms with E-state index in [2.05, 4.69) is 6.92 Å². The molecule has 1 N–H and O–H groups in total. The van der Waals surface area contributed by atoms with Crippen molar-refractivity contribution < 1.29 is 5.21 Å². The number of hydroxylamine groups is 1. The van der Waals surface area contributed by atoms with Crippen LogP contribution < -0.4 is 0 Å². The van der Waals surface area contributed by atoms with Crippen LogP contribution in [0.15, 0.2) is 0 Å². The maximum Gasteiger partial charge on any atom is 0.0538 e. The Morgan fingerprint density at radius 2 is 1.69 bits per heavy atom. The third-order valence-corrected chi connectivity index (χ3v) is 2.63. The lowest BCUT2D eigenvalue weighted by molar-refractivity contribution is -0.299. The smallest absolute Gasteiger partial charge is 0.0538 e. The summed E-state index contributed by atoms with van der Waals surface area (Å²) in [6.07, 6.45) is 2.38. The number of hydrazine groups is 1. The Balaban J connectivity index is 2.45. The Bertz CT molecular complexity index is 157. The Morgan fingerprint density at radius 3 is 2.08 bits per heavy atom. The number of hydrogen-bond acceptors (Lipinski definition) is 3. The molecular weight excluding hydrogens is 164 g/mol. The van der Waals surface area contributed by atoms with Crippen molar-refractivity contribution in [3.8, 4) is 0 Å². The summed E-state index contributed by atoms with van der Waals surface area (Å²) < 4.78 is 0. The molecule has 0 aromatic rings. The van der Waals surface area contributed by atoms with Crippen LogP contribution in [0.25, 0.3) is 0 Å². The van der Waals surface area contributed by atoms with E-state index in [1.807, 2.05) is 25.8 Å². The predicted octanol–water partition coefficient (Wildman–Crippen LogP) is 2.12. The lowest BCUT2D eigenvalue weighted by Crippen LogP contribution is -2.53. The molecule has 0 amide bonds. The van der Waals surface area contributed by atoms with Gasteiger partial charge in [0.05, 0.1) is 5.54 Å². The first-order valence-corrected chi connectivity index (χ1v) is 5.15. The van der Waals surface area contributed by atoms with Gasteiger partial charge >= 0.3 is 0 Å². The molecule has 1 heterocycles. The van der Waals surface area contributed by atoms with Crippen molar-refractivity contribution in [1.82, 2.24) is 10.2 Å². The van der Waals surface area contributed by atoms with Crippen LogP contribution in [0.4, 0.5) is 0 Å². The second-order valence-corrected chi connectivity index (χ2v) is 5.10. The van der Waals surface area contributed by atoms with Crippen molar-refractivity contribution in [3.63, 3.8) is 0 Å². The van der Waals surface area contributed by atoms with Gasteiger partial charge in [0.1, 0.15) is 0 Å². The van der Waals surface area contributed by atoms with Gasteiger partial charge < -0.3 is 0 Å². The molecule has 0 aliphatic carbocycles. The highest BCUT2D eigenvalue weighted by Gasteiger charge is 2.28. The standard InChI is InChI=1S/C10H22N2O/c1-9-5-7-11(8-6-9)12(13)10(2,3)4/h9,13H,5-8H2,1-4H3. The Hall–Kier alpha value is -0.120. The van der Waals surface area contributed by atoms with Gasteiger partial charge in [0, 0.05) is 13.1 Å². The molecule has 3 heteroatoms. The van der Waals surface area contributed by atoms with E-state index in [9.17, 15) is 5.21 Å². The highest BCUT2D eigenvalue weighted by atomic mass is 16.6. The minimum absolute atomic E-state index is 0.180. The quantitative estimate of drug-likeness (QED) is 0.635. The van der Waals surface area contributed by atoms with Crippen molar-refractivity contribution in [2.45, 2.75) is 46.1 Å². The maximum absolute atomic E-state index is 9.86. The Morgan fingerprint density at radius 1 is 1.23 bits per heavy atom. The van der Waals surface area contributed by atoms with Gasteiger partial charge in [-0.05, 0) is 39.5 Å². The highest BCUT2D eigenvalue weighted by Crippen LogP contribution is 2.21. The Labute approximate surface area is 81.3 Å². The summed E-state index contributed by atoms with van der Waals surface area (Å²) in [4.78, 5) is 0. The van der Waals surface area contributed by atoms with E-state index in [0.29, 0.717) is 0 Å². The second kappa shape index (κ2) is 3.95. The zero-order valence-corrected chi connectivity index (χ0v) is 9.25.